The van der Waals surface area contributed by atoms with Crippen LogP contribution in [0, 0.1) is 0 Å². The van der Waals surface area contributed by atoms with Crippen molar-refractivity contribution < 1.29 is 18.3 Å². The number of nitrogens with zero attached hydrogens (tertiary/aromatic N) is 3. The Morgan fingerprint density at radius 2 is 1.69 bits per heavy atom. The number of anilines is 1. The lowest BCUT2D eigenvalue weighted by Crippen LogP contribution is -2.25. The van der Waals surface area contributed by atoms with Crippen LogP contribution in [0.15, 0.2) is 60.9 Å². The number of ether oxygens (including phenoxy) is 2. The van der Waals surface area contributed by atoms with Crippen molar-refractivity contribution in [3.8, 4) is 34.0 Å². The standard InChI is InChI=1S/C21H14F2N4O2/c1-24-20-15-9-12(13-5-7-17-18(10-13)29-21(22,23)28-17)4-6-16(15)26-19(27-20)14-3-2-8-25-11-14/h2-11H,1H3,(H,24,26,27). The van der Waals surface area contributed by atoms with Gasteiger partial charge in [0.25, 0.3) is 0 Å². The Hall–Kier alpha value is -3.81. The van der Waals surface area contributed by atoms with Gasteiger partial charge in [0.05, 0.1) is 5.52 Å². The Morgan fingerprint density at radius 1 is 0.897 bits per heavy atom. The normalized spacial score (nSPS) is 14.2. The number of hydrogen-bond acceptors (Lipinski definition) is 6. The highest BCUT2D eigenvalue weighted by Gasteiger charge is 2.43. The van der Waals surface area contributed by atoms with Crippen molar-refractivity contribution in [1.82, 2.24) is 15.0 Å². The summed E-state index contributed by atoms with van der Waals surface area (Å²) in [6.07, 6.45) is -0.241. The van der Waals surface area contributed by atoms with E-state index in [0.29, 0.717) is 17.2 Å². The molecule has 0 spiro atoms. The van der Waals surface area contributed by atoms with Crippen molar-refractivity contribution in [3.63, 3.8) is 0 Å². The van der Waals surface area contributed by atoms with Crippen LogP contribution in [-0.2, 0) is 0 Å². The molecular formula is C21H14F2N4O2. The van der Waals surface area contributed by atoms with Crippen LogP contribution in [0.3, 0.4) is 0 Å². The van der Waals surface area contributed by atoms with Gasteiger partial charge in [-0.05, 0) is 47.5 Å². The predicted octanol–water partition coefficient (Wildman–Crippen LogP) is 4.72. The minimum atomic E-state index is -3.64. The zero-order valence-electron chi connectivity index (χ0n) is 15.2. The lowest BCUT2D eigenvalue weighted by Gasteiger charge is -2.10. The zero-order chi connectivity index (χ0) is 20.0. The Morgan fingerprint density at radius 3 is 2.48 bits per heavy atom. The van der Waals surface area contributed by atoms with Gasteiger partial charge in [-0.15, -0.1) is 8.78 Å². The largest absolute Gasteiger partial charge is 0.586 e. The minimum Gasteiger partial charge on any atom is -0.395 e. The van der Waals surface area contributed by atoms with Gasteiger partial charge in [-0.2, -0.15) is 0 Å². The highest BCUT2D eigenvalue weighted by molar-refractivity contribution is 5.94. The molecule has 1 aliphatic heterocycles. The van der Waals surface area contributed by atoms with E-state index < -0.39 is 6.29 Å². The number of benzene rings is 2. The van der Waals surface area contributed by atoms with Gasteiger partial charge >= 0.3 is 6.29 Å². The van der Waals surface area contributed by atoms with E-state index in [2.05, 4.69) is 29.7 Å². The average Bonchev–Trinajstić information content (AvgIpc) is 3.06. The fraction of sp³-hybridized carbons (Fsp3) is 0.0952. The average molecular weight is 392 g/mol. The van der Waals surface area contributed by atoms with E-state index in [1.165, 1.54) is 12.1 Å². The quantitative estimate of drug-likeness (QED) is 0.544. The predicted molar refractivity (Wildman–Crippen MR) is 104 cm³/mol. The number of hydrogen-bond donors (Lipinski definition) is 1. The molecule has 0 atom stereocenters. The second-order valence-corrected chi connectivity index (χ2v) is 6.45. The molecule has 0 aliphatic carbocycles. The molecule has 1 aliphatic rings. The summed E-state index contributed by atoms with van der Waals surface area (Å²) in [6.45, 7) is 0. The summed E-state index contributed by atoms with van der Waals surface area (Å²) in [5.74, 6) is 1.24. The van der Waals surface area contributed by atoms with Crippen LogP contribution in [0.25, 0.3) is 33.4 Å². The van der Waals surface area contributed by atoms with Crippen LogP contribution in [0.4, 0.5) is 14.6 Å². The molecule has 0 fully saturated rings. The fourth-order valence-electron chi connectivity index (χ4n) is 3.25. The second-order valence-electron chi connectivity index (χ2n) is 6.45. The van der Waals surface area contributed by atoms with E-state index in [4.69, 9.17) is 0 Å². The van der Waals surface area contributed by atoms with E-state index in [1.807, 2.05) is 30.3 Å². The summed E-state index contributed by atoms with van der Waals surface area (Å²) >= 11 is 0. The molecule has 1 N–H and O–H groups in total. The van der Waals surface area contributed by atoms with Crippen molar-refractivity contribution in [2.24, 2.45) is 0 Å². The smallest absolute Gasteiger partial charge is 0.395 e. The van der Waals surface area contributed by atoms with Crippen LogP contribution in [0.2, 0.25) is 0 Å². The monoisotopic (exact) mass is 392 g/mol. The molecule has 8 heteroatoms. The van der Waals surface area contributed by atoms with Gasteiger partial charge in [-0.3, -0.25) is 4.98 Å². The maximum absolute atomic E-state index is 13.3. The third kappa shape index (κ3) is 3.08. The highest BCUT2D eigenvalue weighted by atomic mass is 19.3. The molecule has 0 radical (unpaired) electrons. The first-order chi connectivity index (χ1) is 14.0. The molecule has 0 unspecified atom stereocenters. The van der Waals surface area contributed by atoms with Crippen LogP contribution >= 0.6 is 0 Å². The topological polar surface area (TPSA) is 69.2 Å². The Bertz CT molecular complexity index is 1230. The lowest BCUT2D eigenvalue weighted by atomic mass is 10.0. The van der Waals surface area contributed by atoms with Crippen molar-refractivity contribution in [2.45, 2.75) is 6.29 Å². The Balaban J connectivity index is 1.59. The lowest BCUT2D eigenvalue weighted by molar-refractivity contribution is -0.286. The second kappa shape index (κ2) is 6.37. The molecule has 4 aromatic rings. The van der Waals surface area contributed by atoms with E-state index >= 15 is 0 Å². The van der Waals surface area contributed by atoms with Crippen molar-refractivity contribution in [3.05, 3.63) is 60.9 Å². The molecule has 0 saturated heterocycles. The summed E-state index contributed by atoms with van der Waals surface area (Å²) in [6, 6.07) is 14.1. The zero-order valence-corrected chi connectivity index (χ0v) is 15.2. The maximum Gasteiger partial charge on any atom is 0.586 e. The van der Waals surface area contributed by atoms with Gasteiger partial charge in [0.1, 0.15) is 5.82 Å². The summed E-state index contributed by atoms with van der Waals surface area (Å²) in [5, 5.41) is 3.90. The third-order valence-electron chi connectivity index (χ3n) is 4.59. The van der Waals surface area contributed by atoms with E-state index in [-0.39, 0.29) is 11.5 Å². The molecule has 144 valence electrons. The number of aromatic nitrogens is 3. The molecule has 0 amide bonds. The first kappa shape index (κ1) is 17.3. The van der Waals surface area contributed by atoms with Crippen molar-refractivity contribution >= 4 is 16.7 Å². The molecule has 6 nitrogen and oxygen atoms in total. The summed E-state index contributed by atoms with van der Waals surface area (Å²) in [4.78, 5) is 13.3. The van der Waals surface area contributed by atoms with Gasteiger partial charge in [-0.25, -0.2) is 9.97 Å². The van der Waals surface area contributed by atoms with Crippen LogP contribution in [0.1, 0.15) is 0 Å². The number of pyridine rings is 1. The number of rotatable bonds is 3. The van der Waals surface area contributed by atoms with E-state index in [9.17, 15) is 8.78 Å². The molecule has 29 heavy (non-hydrogen) atoms. The SMILES string of the molecule is CNc1nc(-c2cccnc2)nc2ccc(-c3ccc4c(c3)OC(F)(F)O4)cc12. The minimum absolute atomic E-state index is 0.00427. The van der Waals surface area contributed by atoms with Crippen molar-refractivity contribution in [2.75, 3.05) is 12.4 Å². The van der Waals surface area contributed by atoms with Crippen molar-refractivity contribution in [1.29, 1.82) is 0 Å². The molecule has 5 rings (SSSR count). The molecule has 3 heterocycles. The van der Waals surface area contributed by atoms with Crippen LogP contribution in [0.5, 0.6) is 11.5 Å². The first-order valence-corrected chi connectivity index (χ1v) is 8.83. The third-order valence-corrected chi connectivity index (χ3v) is 4.59. The molecule has 2 aromatic heterocycles. The van der Waals surface area contributed by atoms with Gasteiger partial charge in [0.2, 0.25) is 0 Å². The first-order valence-electron chi connectivity index (χ1n) is 8.83. The van der Waals surface area contributed by atoms with E-state index in [0.717, 1.165) is 22.0 Å². The molecule has 0 bridgehead atoms. The van der Waals surface area contributed by atoms with Gasteiger partial charge < -0.3 is 14.8 Å². The van der Waals surface area contributed by atoms with Gasteiger partial charge in [-0.1, -0.05) is 12.1 Å². The number of halogens is 2. The molecule has 2 aromatic carbocycles. The van der Waals surface area contributed by atoms with Gasteiger partial charge in [0.15, 0.2) is 17.3 Å². The molecule has 0 saturated carbocycles. The summed E-state index contributed by atoms with van der Waals surface area (Å²) in [7, 11) is 1.78. The molecular weight excluding hydrogens is 378 g/mol. The Labute approximate surface area is 164 Å². The van der Waals surface area contributed by atoms with Crippen LogP contribution < -0.4 is 14.8 Å². The highest BCUT2D eigenvalue weighted by Crippen LogP contribution is 2.43. The van der Waals surface area contributed by atoms with E-state index in [1.54, 1.807) is 25.5 Å². The number of alkyl halides is 2. The summed E-state index contributed by atoms with van der Waals surface area (Å²) in [5.41, 5.74) is 3.09. The summed E-state index contributed by atoms with van der Waals surface area (Å²) < 4.78 is 35.6. The number of fused-ring (bicyclic) bond motifs is 2. The van der Waals surface area contributed by atoms with Crippen LogP contribution in [-0.4, -0.2) is 28.3 Å². The maximum atomic E-state index is 13.3. The number of nitrogens with one attached hydrogen (secondary N) is 1. The van der Waals surface area contributed by atoms with Gasteiger partial charge in [0, 0.05) is 30.4 Å². The fourth-order valence-corrected chi connectivity index (χ4v) is 3.25. The Kier molecular flexibility index (Phi) is 3.80.